The highest BCUT2D eigenvalue weighted by Crippen LogP contribution is 2.01. The van der Waals surface area contributed by atoms with Crippen LogP contribution in [0.15, 0.2) is 17.6 Å². The quantitative estimate of drug-likeness (QED) is 0.298. The maximum absolute atomic E-state index is 4.44. The van der Waals surface area contributed by atoms with E-state index in [1.165, 1.54) is 19.3 Å². The summed E-state index contributed by atoms with van der Waals surface area (Å²) in [6.07, 6.45) is 6.86. The van der Waals surface area contributed by atoms with E-state index in [2.05, 4.69) is 42.7 Å². The van der Waals surface area contributed by atoms with Gasteiger partial charge in [-0.3, -0.25) is 4.99 Å². The van der Waals surface area contributed by atoms with E-state index in [0.29, 0.717) is 0 Å². The topological polar surface area (TPSA) is 27.6 Å². The molecule has 0 saturated carbocycles. The van der Waals surface area contributed by atoms with Gasteiger partial charge < -0.3 is 10.2 Å². The third-order valence-electron chi connectivity index (χ3n) is 2.41. The highest BCUT2D eigenvalue weighted by Gasteiger charge is 2.03. The molecule has 0 aliphatic rings. The normalized spacial score (nSPS) is 11.3. The molecule has 16 heavy (non-hydrogen) atoms. The van der Waals surface area contributed by atoms with Crippen molar-refractivity contribution in [3.8, 4) is 0 Å². The first-order valence-corrected chi connectivity index (χ1v) is 6.36. The zero-order valence-electron chi connectivity index (χ0n) is 11.1. The van der Waals surface area contributed by atoms with Gasteiger partial charge in [0.05, 0.1) is 0 Å². The van der Waals surface area contributed by atoms with E-state index in [-0.39, 0.29) is 0 Å². The molecule has 0 aromatic heterocycles. The first-order valence-electron chi connectivity index (χ1n) is 6.36. The second-order valence-electron chi connectivity index (χ2n) is 3.89. The molecule has 0 aromatic rings. The molecule has 0 heterocycles. The van der Waals surface area contributed by atoms with Crippen LogP contribution in [0, 0.1) is 0 Å². The molecule has 94 valence electrons. The third kappa shape index (κ3) is 7.32. The largest absolute Gasteiger partial charge is 0.357 e. The van der Waals surface area contributed by atoms with Gasteiger partial charge in [0.1, 0.15) is 0 Å². The number of nitrogens with zero attached hydrogens (tertiary/aromatic N) is 2. The molecule has 0 radical (unpaired) electrons. The molecule has 3 heteroatoms. The zero-order valence-corrected chi connectivity index (χ0v) is 11.1. The fraction of sp³-hybridized carbons (Fsp3) is 0.769. The number of guanidine groups is 1. The van der Waals surface area contributed by atoms with Crippen LogP contribution in [0.1, 0.15) is 39.5 Å². The minimum atomic E-state index is 0.836. The molecule has 0 bridgehead atoms. The van der Waals surface area contributed by atoms with Gasteiger partial charge in [-0.25, -0.2) is 0 Å². The summed E-state index contributed by atoms with van der Waals surface area (Å²) >= 11 is 0. The molecule has 0 spiro atoms. The van der Waals surface area contributed by atoms with E-state index in [1.54, 1.807) is 0 Å². The van der Waals surface area contributed by atoms with Gasteiger partial charge in [0.15, 0.2) is 5.96 Å². The smallest absolute Gasteiger partial charge is 0.193 e. The number of unbranched alkanes of at least 4 members (excludes halogenated alkanes) is 3. The second kappa shape index (κ2) is 10.5. The lowest BCUT2D eigenvalue weighted by molar-refractivity contribution is 0.456. The van der Waals surface area contributed by atoms with Crippen LogP contribution in [-0.4, -0.2) is 37.5 Å². The van der Waals surface area contributed by atoms with E-state index < -0.39 is 0 Å². The Morgan fingerprint density at radius 3 is 2.62 bits per heavy atom. The van der Waals surface area contributed by atoms with Crippen LogP contribution in [0.3, 0.4) is 0 Å². The maximum atomic E-state index is 4.44. The lowest BCUT2D eigenvalue weighted by Gasteiger charge is -2.21. The minimum absolute atomic E-state index is 0.836. The standard InChI is InChI=1S/C13H27N3/c1-5-8-9-10-11-12-16(4)13(14-6-2)15-7-3/h5H,1,6-12H2,2-4H3,(H,14,15). The number of rotatable bonds is 8. The first kappa shape index (κ1) is 15.0. The fourth-order valence-electron chi connectivity index (χ4n) is 1.54. The highest BCUT2D eigenvalue weighted by molar-refractivity contribution is 5.79. The van der Waals surface area contributed by atoms with Crippen LogP contribution < -0.4 is 5.32 Å². The molecule has 0 saturated heterocycles. The molecule has 0 aliphatic heterocycles. The average molecular weight is 225 g/mol. The average Bonchev–Trinajstić information content (AvgIpc) is 2.28. The van der Waals surface area contributed by atoms with Crippen molar-refractivity contribution in [2.75, 3.05) is 26.7 Å². The Kier molecular flexibility index (Phi) is 9.87. The van der Waals surface area contributed by atoms with Crippen molar-refractivity contribution in [3.05, 3.63) is 12.7 Å². The Bertz CT molecular complexity index is 199. The highest BCUT2D eigenvalue weighted by atomic mass is 15.3. The Balaban J connectivity index is 3.78. The number of nitrogens with one attached hydrogen (secondary N) is 1. The Hall–Kier alpha value is -0.990. The van der Waals surface area contributed by atoms with Gasteiger partial charge in [0.25, 0.3) is 0 Å². The summed E-state index contributed by atoms with van der Waals surface area (Å²) in [5, 5.41) is 3.30. The van der Waals surface area contributed by atoms with Crippen molar-refractivity contribution in [2.45, 2.75) is 39.5 Å². The van der Waals surface area contributed by atoms with E-state index in [4.69, 9.17) is 0 Å². The third-order valence-corrected chi connectivity index (χ3v) is 2.41. The Labute approximate surface area is 101 Å². The summed E-state index contributed by atoms with van der Waals surface area (Å²) in [5.41, 5.74) is 0. The number of aliphatic imine (C=N–C) groups is 1. The molecular formula is C13H27N3. The van der Waals surface area contributed by atoms with E-state index in [0.717, 1.165) is 32.0 Å². The molecule has 0 amide bonds. The fourth-order valence-corrected chi connectivity index (χ4v) is 1.54. The van der Waals surface area contributed by atoms with Gasteiger partial charge in [0.2, 0.25) is 0 Å². The number of hydrogen-bond acceptors (Lipinski definition) is 1. The van der Waals surface area contributed by atoms with Crippen LogP contribution in [0.25, 0.3) is 0 Å². The van der Waals surface area contributed by atoms with Gasteiger partial charge >= 0.3 is 0 Å². The van der Waals surface area contributed by atoms with Gasteiger partial charge in [-0.15, -0.1) is 6.58 Å². The summed E-state index contributed by atoms with van der Waals surface area (Å²) in [5.74, 6) is 1.02. The van der Waals surface area contributed by atoms with Crippen molar-refractivity contribution in [1.29, 1.82) is 0 Å². The van der Waals surface area contributed by atoms with Gasteiger partial charge in [-0.2, -0.15) is 0 Å². The van der Waals surface area contributed by atoms with Gasteiger partial charge in [-0.1, -0.05) is 12.5 Å². The molecule has 0 unspecified atom stereocenters. The zero-order chi connectivity index (χ0) is 12.2. The Morgan fingerprint density at radius 1 is 1.31 bits per heavy atom. The van der Waals surface area contributed by atoms with Crippen LogP contribution in [-0.2, 0) is 0 Å². The molecule has 0 rings (SSSR count). The van der Waals surface area contributed by atoms with E-state index >= 15 is 0 Å². The summed E-state index contributed by atoms with van der Waals surface area (Å²) < 4.78 is 0. The monoisotopic (exact) mass is 225 g/mol. The maximum Gasteiger partial charge on any atom is 0.193 e. The predicted octanol–water partition coefficient (Wildman–Crippen LogP) is 2.65. The summed E-state index contributed by atoms with van der Waals surface area (Å²) in [6.45, 7) is 10.7. The van der Waals surface area contributed by atoms with Crippen molar-refractivity contribution < 1.29 is 0 Å². The van der Waals surface area contributed by atoms with Crippen LogP contribution in [0.4, 0.5) is 0 Å². The summed E-state index contributed by atoms with van der Waals surface area (Å²) in [7, 11) is 2.10. The number of allylic oxidation sites excluding steroid dienone is 1. The lowest BCUT2D eigenvalue weighted by atomic mass is 10.2. The molecule has 0 aromatic carbocycles. The molecule has 0 fully saturated rings. The van der Waals surface area contributed by atoms with Crippen LogP contribution in [0.5, 0.6) is 0 Å². The van der Waals surface area contributed by atoms with Gasteiger partial charge in [0, 0.05) is 26.7 Å². The molecule has 0 aliphatic carbocycles. The molecule has 3 nitrogen and oxygen atoms in total. The SMILES string of the molecule is C=CCCCCCN(C)C(=NCC)NCC. The first-order chi connectivity index (χ1) is 7.76. The van der Waals surface area contributed by atoms with Crippen molar-refractivity contribution in [2.24, 2.45) is 4.99 Å². The summed E-state index contributed by atoms with van der Waals surface area (Å²) in [4.78, 5) is 6.65. The molecule has 0 atom stereocenters. The predicted molar refractivity (Wildman–Crippen MR) is 72.9 cm³/mol. The summed E-state index contributed by atoms with van der Waals surface area (Å²) in [6, 6.07) is 0. The second-order valence-corrected chi connectivity index (χ2v) is 3.89. The van der Waals surface area contributed by atoms with Crippen molar-refractivity contribution >= 4 is 5.96 Å². The molecular weight excluding hydrogens is 198 g/mol. The minimum Gasteiger partial charge on any atom is -0.357 e. The Morgan fingerprint density at radius 2 is 2.06 bits per heavy atom. The molecule has 1 N–H and O–H groups in total. The van der Waals surface area contributed by atoms with E-state index in [1.807, 2.05) is 6.08 Å². The van der Waals surface area contributed by atoms with E-state index in [9.17, 15) is 0 Å². The van der Waals surface area contributed by atoms with Crippen LogP contribution in [0.2, 0.25) is 0 Å². The van der Waals surface area contributed by atoms with Crippen molar-refractivity contribution in [3.63, 3.8) is 0 Å². The lowest BCUT2D eigenvalue weighted by Crippen LogP contribution is -2.39. The van der Waals surface area contributed by atoms with Gasteiger partial charge in [-0.05, 0) is 33.1 Å². The van der Waals surface area contributed by atoms with Crippen molar-refractivity contribution in [1.82, 2.24) is 10.2 Å². The van der Waals surface area contributed by atoms with Crippen LogP contribution >= 0.6 is 0 Å². The number of hydrogen-bond donors (Lipinski definition) is 1.